The molecule has 0 aliphatic carbocycles. The Balaban J connectivity index is 1.92. The quantitative estimate of drug-likeness (QED) is 0.838. The van der Waals surface area contributed by atoms with E-state index in [9.17, 15) is 22.8 Å². The van der Waals surface area contributed by atoms with E-state index >= 15 is 0 Å². The third-order valence-electron chi connectivity index (χ3n) is 3.71. The number of amides is 1. The van der Waals surface area contributed by atoms with Gasteiger partial charge in [-0.15, -0.1) is 13.2 Å². The van der Waals surface area contributed by atoms with E-state index in [4.69, 9.17) is 5.73 Å². The van der Waals surface area contributed by atoms with E-state index in [1.54, 1.807) is 0 Å². The van der Waals surface area contributed by atoms with Gasteiger partial charge in [0.1, 0.15) is 5.75 Å². The van der Waals surface area contributed by atoms with Gasteiger partial charge in [-0.05, 0) is 50.2 Å². The minimum absolute atomic E-state index is 0.109. The lowest BCUT2D eigenvalue weighted by Crippen LogP contribution is -2.41. The van der Waals surface area contributed by atoms with E-state index in [1.807, 2.05) is 4.90 Å². The fourth-order valence-corrected chi connectivity index (χ4v) is 2.63. The van der Waals surface area contributed by atoms with Crippen LogP contribution in [0.5, 0.6) is 5.75 Å². The molecule has 1 heterocycles. The number of primary amides is 1. The second kappa shape index (κ2) is 6.99. The highest BCUT2D eigenvalue weighted by atomic mass is 19.4. The van der Waals surface area contributed by atoms with Gasteiger partial charge in [0.25, 0.3) is 0 Å². The Morgan fingerprint density at radius 3 is 2.22 bits per heavy atom. The van der Waals surface area contributed by atoms with Crippen LogP contribution in [0.15, 0.2) is 24.3 Å². The van der Waals surface area contributed by atoms with Crippen molar-refractivity contribution in [1.82, 2.24) is 4.90 Å². The van der Waals surface area contributed by atoms with Crippen LogP contribution < -0.4 is 10.5 Å². The molecule has 5 nitrogen and oxygen atoms in total. The summed E-state index contributed by atoms with van der Waals surface area (Å²) in [5.74, 6) is -1.07. The van der Waals surface area contributed by atoms with Crippen LogP contribution in [0.3, 0.4) is 0 Å². The summed E-state index contributed by atoms with van der Waals surface area (Å²) < 4.78 is 40.0. The molecule has 0 radical (unpaired) electrons. The molecule has 0 bridgehead atoms. The van der Waals surface area contributed by atoms with Crippen molar-refractivity contribution in [2.24, 2.45) is 11.7 Å². The number of Topliss-reactive ketones (excluding diaryl/α,β-unsaturated/α-hetero) is 1. The number of carbonyl (C=O) groups excluding carboxylic acids is 2. The van der Waals surface area contributed by atoms with E-state index < -0.39 is 12.3 Å². The number of likely N-dealkylation sites (tertiary alicyclic amines) is 1. The Labute approximate surface area is 131 Å². The summed E-state index contributed by atoms with van der Waals surface area (Å²) in [6.45, 7) is 1.35. The van der Waals surface area contributed by atoms with E-state index in [2.05, 4.69) is 4.74 Å². The molecule has 8 heteroatoms. The summed E-state index contributed by atoms with van der Waals surface area (Å²) in [6, 6.07) is 4.92. The van der Waals surface area contributed by atoms with Crippen LogP contribution in [-0.2, 0) is 4.79 Å². The highest BCUT2D eigenvalue weighted by Gasteiger charge is 2.31. The molecule has 0 saturated carbocycles. The SMILES string of the molecule is NC(=O)CN1CCC(C(=O)c2ccc(OC(F)(F)F)cc2)CC1. The Hall–Kier alpha value is -2.09. The molecule has 2 N–H and O–H groups in total. The molecular formula is C15H17F3N2O3. The standard InChI is InChI=1S/C15H17F3N2O3/c16-15(17,18)23-12-3-1-10(2-4-12)14(22)11-5-7-20(8-6-11)9-13(19)21/h1-4,11H,5-9H2,(H2,19,21). The first-order valence-electron chi connectivity index (χ1n) is 7.15. The molecule has 2 rings (SSSR count). The van der Waals surface area contributed by atoms with Crippen molar-refractivity contribution in [2.45, 2.75) is 19.2 Å². The summed E-state index contributed by atoms with van der Waals surface area (Å²) in [5, 5.41) is 0. The van der Waals surface area contributed by atoms with Crippen molar-refractivity contribution >= 4 is 11.7 Å². The third kappa shape index (κ3) is 5.24. The number of nitrogens with two attached hydrogens (primary N) is 1. The fourth-order valence-electron chi connectivity index (χ4n) is 2.63. The predicted octanol–water partition coefficient (Wildman–Crippen LogP) is 1.97. The first-order valence-corrected chi connectivity index (χ1v) is 7.15. The lowest BCUT2D eigenvalue weighted by Gasteiger charge is -2.30. The molecule has 1 saturated heterocycles. The molecule has 23 heavy (non-hydrogen) atoms. The molecule has 1 aromatic rings. The fraction of sp³-hybridized carbons (Fsp3) is 0.467. The summed E-state index contributed by atoms with van der Waals surface area (Å²) in [6.07, 6.45) is -3.57. The number of alkyl halides is 3. The summed E-state index contributed by atoms with van der Waals surface area (Å²) in [5.41, 5.74) is 5.48. The lowest BCUT2D eigenvalue weighted by atomic mass is 9.89. The molecule has 1 fully saturated rings. The number of hydrogen-bond acceptors (Lipinski definition) is 4. The third-order valence-corrected chi connectivity index (χ3v) is 3.71. The molecule has 0 unspecified atom stereocenters. The highest BCUT2D eigenvalue weighted by molar-refractivity contribution is 5.98. The average Bonchev–Trinajstić information content (AvgIpc) is 2.46. The van der Waals surface area contributed by atoms with Crippen LogP contribution in [0, 0.1) is 5.92 Å². The average molecular weight is 330 g/mol. The van der Waals surface area contributed by atoms with Crippen molar-refractivity contribution in [3.63, 3.8) is 0 Å². The first-order chi connectivity index (χ1) is 10.7. The van der Waals surface area contributed by atoms with E-state index in [1.165, 1.54) is 12.1 Å². The second-order valence-corrected chi connectivity index (χ2v) is 5.45. The predicted molar refractivity (Wildman–Crippen MR) is 75.8 cm³/mol. The van der Waals surface area contributed by atoms with Gasteiger partial charge in [-0.25, -0.2) is 0 Å². The number of halogens is 3. The van der Waals surface area contributed by atoms with Gasteiger partial charge in [0.2, 0.25) is 5.91 Å². The number of benzene rings is 1. The van der Waals surface area contributed by atoms with E-state index in [0.29, 0.717) is 31.5 Å². The number of carbonyl (C=O) groups is 2. The topological polar surface area (TPSA) is 72.6 Å². The summed E-state index contributed by atoms with van der Waals surface area (Å²) in [7, 11) is 0. The molecule has 0 spiro atoms. The van der Waals surface area contributed by atoms with Gasteiger partial charge in [-0.3, -0.25) is 14.5 Å². The molecule has 1 aromatic carbocycles. The summed E-state index contributed by atoms with van der Waals surface area (Å²) in [4.78, 5) is 25.1. The number of nitrogens with zero attached hydrogens (tertiary/aromatic N) is 1. The number of piperidine rings is 1. The van der Waals surface area contributed by atoms with Crippen molar-refractivity contribution in [3.8, 4) is 5.75 Å². The van der Waals surface area contributed by atoms with Gasteiger partial charge in [0, 0.05) is 11.5 Å². The highest BCUT2D eigenvalue weighted by Crippen LogP contribution is 2.25. The second-order valence-electron chi connectivity index (χ2n) is 5.45. The molecule has 0 aromatic heterocycles. The number of ketones is 1. The first kappa shape index (κ1) is 17.3. The van der Waals surface area contributed by atoms with Crippen LogP contribution in [0.2, 0.25) is 0 Å². The Morgan fingerprint density at radius 2 is 1.74 bits per heavy atom. The van der Waals surface area contributed by atoms with Crippen molar-refractivity contribution in [3.05, 3.63) is 29.8 Å². The maximum Gasteiger partial charge on any atom is 0.573 e. The smallest absolute Gasteiger partial charge is 0.406 e. The van der Waals surface area contributed by atoms with Gasteiger partial charge in [0.05, 0.1) is 6.54 Å². The van der Waals surface area contributed by atoms with Crippen LogP contribution in [0.4, 0.5) is 13.2 Å². The molecule has 126 valence electrons. The molecule has 1 amide bonds. The van der Waals surface area contributed by atoms with Gasteiger partial charge in [-0.2, -0.15) is 0 Å². The molecular weight excluding hydrogens is 313 g/mol. The Morgan fingerprint density at radius 1 is 1.17 bits per heavy atom. The normalized spacial score (nSPS) is 17.0. The minimum atomic E-state index is -4.75. The maximum absolute atomic E-state index is 12.4. The number of rotatable bonds is 5. The lowest BCUT2D eigenvalue weighted by molar-refractivity contribution is -0.274. The Kier molecular flexibility index (Phi) is 5.25. The van der Waals surface area contributed by atoms with Crippen LogP contribution in [0.1, 0.15) is 23.2 Å². The van der Waals surface area contributed by atoms with E-state index in [-0.39, 0.29) is 24.0 Å². The molecule has 0 atom stereocenters. The van der Waals surface area contributed by atoms with Crippen LogP contribution in [-0.4, -0.2) is 42.6 Å². The van der Waals surface area contributed by atoms with Crippen molar-refractivity contribution < 1.29 is 27.5 Å². The van der Waals surface area contributed by atoms with Crippen molar-refractivity contribution in [1.29, 1.82) is 0 Å². The summed E-state index contributed by atoms with van der Waals surface area (Å²) >= 11 is 0. The zero-order valence-corrected chi connectivity index (χ0v) is 12.3. The van der Waals surface area contributed by atoms with Crippen LogP contribution >= 0.6 is 0 Å². The largest absolute Gasteiger partial charge is 0.573 e. The molecule has 1 aliphatic rings. The van der Waals surface area contributed by atoms with Gasteiger partial charge in [0.15, 0.2) is 5.78 Å². The number of hydrogen-bond donors (Lipinski definition) is 1. The minimum Gasteiger partial charge on any atom is -0.406 e. The van der Waals surface area contributed by atoms with Gasteiger partial charge in [-0.1, -0.05) is 0 Å². The van der Waals surface area contributed by atoms with E-state index in [0.717, 1.165) is 12.1 Å². The van der Waals surface area contributed by atoms with Gasteiger partial charge < -0.3 is 10.5 Å². The van der Waals surface area contributed by atoms with Crippen molar-refractivity contribution in [2.75, 3.05) is 19.6 Å². The maximum atomic E-state index is 12.4. The zero-order valence-electron chi connectivity index (χ0n) is 12.3. The van der Waals surface area contributed by atoms with Gasteiger partial charge >= 0.3 is 6.36 Å². The van der Waals surface area contributed by atoms with Crippen LogP contribution in [0.25, 0.3) is 0 Å². The molecule has 1 aliphatic heterocycles. The monoisotopic (exact) mass is 330 g/mol. The number of ether oxygens (including phenoxy) is 1. The zero-order chi connectivity index (χ0) is 17.0. The Bertz CT molecular complexity index is 564.